The lowest BCUT2D eigenvalue weighted by molar-refractivity contribution is -0.108. The molecule has 0 atom stereocenters. The van der Waals surface area contributed by atoms with E-state index >= 15 is 0 Å². The number of amides is 2. The van der Waals surface area contributed by atoms with Crippen LogP contribution in [0.5, 0.6) is 17.2 Å². The maximum Gasteiger partial charge on any atom is 0.213 e. The van der Waals surface area contributed by atoms with Crippen molar-refractivity contribution in [1.82, 2.24) is 0 Å². The number of carbonyl (C=O) groups excluding carboxylic acids is 2. The Labute approximate surface area is 252 Å². The van der Waals surface area contributed by atoms with Crippen LogP contribution in [-0.2, 0) is 20.4 Å². The van der Waals surface area contributed by atoms with Crippen molar-refractivity contribution in [2.24, 2.45) is 0 Å². The Morgan fingerprint density at radius 2 is 1.19 bits per heavy atom. The van der Waals surface area contributed by atoms with Crippen LogP contribution in [0.1, 0.15) is 51.3 Å². The molecule has 218 valence electrons. The second-order valence-electron chi connectivity index (χ2n) is 11.9. The minimum absolute atomic E-state index is 0.128. The van der Waals surface area contributed by atoms with Crippen LogP contribution in [0.2, 0.25) is 0 Å². The Kier molecular flexibility index (Phi) is 9.02. The summed E-state index contributed by atoms with van der Waals surface area (Å²) in [6.07, 6.45) is 1.61. The van der Waals surface area contributed by atoms with Crippen molar-refractivity contribution in [2.75, 3.05) is 23.9 Å². The van der Waals surface area contributed by atoms with Crippen LogP contribution in [0.4, 0.5) is 11.4 Å². The van der Waals surface area contributed by atoms with Crippen molar-refractivity contribution in [3.8, 4) is 17.2 Å². The number of anilines is 2. The molecule has 0 saturated carbocycles. The van der Waals surface area contributed by atoms with Crippen molar-refractivity contribution in [2.45, 2.75) is 55.2 Å². The third-order valence-electron chi connectivity index (χ3n) is 7.41. The average molecular weight is 583 g/mol. The average Bonchev–Trinajstić information content (AvgIpc) is 2.97. The maximum atomic E-state index is 11.9. The summed E-state index contributed by atoms with van der Waals surface area (Å²) in [5.74, 6) is 1.45. The highest BCUT2D eigenvalue weighted by molar-refractivity contribution is 7.99. The van der Waals surface area contributed by atoms with Crippen molar-refractivity contribution < 1.29 is 19.4 Å². The number of phenolic OH excluding ortho intramolecular Hbond substituents is 1. The molecule has 7 heteroatoms. The van der Waals surface area contributed by atoms with Gasteiger partial charge >= 0.3 is 0 Å². The number of hydrogen-bond donors (Lipinski definition) is 1. The van der Waals surface area contributed by atoms with Gasteiger partial charge in [-0.1, -0.05) is 64.6 Å². The summed E-state index contributed by atoms with van der Waals surface area (Å²) >= 11 is 1.59. The first kappa shape index (κ1) is 30.7. The Hall–Kier alpha value is -4.23. The smallest absolute Gasteiger partial charge is 0.213 e. The van der Waals surface area contributed by atoms with E-state index in [1.165, 1.54) is 4.90 Å². The third kappa shape index (κ3) is 6.80. The number of rotatable bonds is 10. The van der Waals surface area contributed by atoms with Gasteiger partial charge in [-0.25, -0.2) is 0 Å². The Morgan fingerprint density at radius 3 is 1.74 bits per heavy atom. The van der Waals surface area contributed by atoms with E-state index in [4.69, 9.17) is 4.74 Å². The first-order chi connectivity index (χ1) is 19.8. The number of carbonyl (C=O) groups is 2. The van der Waals surface area contributed by atoms with Gasteiger partial charge in [0.1, 0.15) is 11.5 Å². The van der Waals surface area contributed by atoms with Crippen molar-refractivity contribution in [3.63, 3.8) is 0 Å². The summed E-state index contributed by atoms with van der Waals surface area (Å²) in [5, 5.41) is 9.51. The van der Waals surface area contributed by atoms with E-state index in [0.717, 1.165) is 45.0 Å². The molecule has 0 heterocycles. The van der Waals surface area contributed by atoms with Crippen molar-refractivity contribution in [1.29, 1.82) is 0 Å². The highest BCUT2D eigenvalue weighted by atomic mass is 32.2. The lowest BCUT2D eigenvalue weighted by atomic mass is 9.76. The van der Waals surface area contributed by atoms with E-state index in [-0.39, 0.29) is 11.2 Å². The molecule has 0 aliphatic carbocycles. The number of hydrogen-bond acceptors (Lipinski definition) is 5. The van der Waals surface area contributed by atoms with Gasteiger partial charge in [0.25, 0.3) is 0 Å². The molecule has 0 spiro atoms. The molecule has 6 nitrogen and oxygen atoms in total. The maximum absolute atomic E-state index is 11.9. The fraction of sp³-hybridized carbons (Fsp3) is 0.257. The van der Waals surface area contributed by atoms with Crippen LogP contribution in [0.3, 0.4) is 0 Å². The molecule has 0 unspecified atom stereocenters. The van der Waals surface area contributed by atoms with Gasteiger partial charge in [-0.2, -0.15) is 0 Å². The standard InChI is InChI=1S/C35H38N2O4S/c1-34(2,3)30-18-8-24(20-31(30)36(6)22-38)35(4,5)25-9-19-33(32(21-25)37(7)23-39)41-27-12-16-29(17-13-27)42-28-14-10-26(40)11-15-28/h8-23,40H,1-7H3. The Balaban J connectivity index is 1.64. The molecule has 0 bridgehead atoms. The second kappa shape index (κ2) is 12.3. The predicted molar refractivity (Wildman–Crippen MR) is 171 cm³/mol. The molecule has 0 aromatic heterocycles. The van der Waals surface area contributed by atoms with Gasteiger partial charge in [0.2, 0.25) is 12.8 Å². The molecule has 0 aliphatic heterocycles. The minimum Gasteiger partial charge on any atom is -0.508 e. The van der Waals surface area contributed by atoms with E-state index in [2.05, 4.69) is 52.8 Å². The first-order valence-electron chi connectivity index (χ1n) is 13.7. The molecule has 4 aromatic carbocycles. The molecule has 1 N–H and O–H groups in total. The van der Waals surface area contributed by atoms with E-state index in [1.807, 2.05) is 54.6 Å². The van der Waals surface area contributed by atoms with E-state index < -0.39 is 5.41 Å². The normalized spacial score (nSPS) is 11.6. The third-order valence-corrected chi connectivity index (χ3v) is 8.42. The number of benzene rings is 4. The summed E-state index contributed by atoms with van der Waals surface area (Å²) in [6.45, 7) is 10.7. The molecular formula is C35H38N2O4S. The topological polar surface area (TPSA) is 70.1 Å². The molecular weight excluding hydrogens is 544 g/mol. The van der Waals surface area contributed by atoms with Gasteiger partial charge in [-0.05, 0) is 88.8 Å². The predicted octanol–water partition coefficient (Wildman–Crippen LogP) is 8.14. The van der Waals surface area contributed by atoms with E-state index in [0.29, 0.717) is 17.2 Å². The van der Waals surface area contributed by atoms with Crippen LogP contribution >= 0.6 is 11.8 Å². The molecule has 4 rings (SSSR count). The number of phenols is 1. The van der Waals surface area contributed by atoms with Gasteiger partial charge in [0.05, 0.1) is 5.69 Å². The molecule has 0 radical (unpaired) electrons. The summed E-state index contributed by atoms with van der Waals surface area (Å²) in [5.41, 5.74) is 4.11. The largest absolute Gasteiger partial charge is 0.508 e. The van der Waals surface area contributed by atoms with E-state index in [9.17, 15) is 14.7 Å². The van der Waals surface area contributed by atoms with Crippen LogP contribution < -0.4 is 14.5 Å². The number of aromatic hydroxyl groups is 1. The van der Waals surface area contributed by atoms with Gasteiger partial charge in [0, 0.05) is 35.0 Å². The number of nitrogens with zero attached hydrogens (tertiary/aromatic N) is 2. The van der Waals surface area contributed by atoms with Crippen molar-refractivity contribution in [3.05, 3.63) is 102 Å². The monoisotopic (exact) mass is 582 g/mol. The lowest BCUT2D eigenvalue weighted by Gasteiger charge is -2.32. The van der Waals surface area contributed by atoms with Gasteiger partial charge < -0.3 is 19.6 Å². The van der Waals surface area contributed by atoms with E-state index in [1.54, 1.807) is 42.9 Å². The molecule has 0 aliphatic rings. The molecule has 0 saturated heterocycles. The summed E-state index contributed by atoms with van der Waals surface area (Å²) in [7, 11) is 3.48. The summed E-state index contributed by atoms with van der Waals surface area (Å²) < 4.78 is 6.26. The van der Waals surface area contributed by atoms with Crippen LogP contribution in [-0.4, -0.2) is 32.0 Å². The molecule has 2 amide bonds. The Morgan fingerprint density at radius 1 is 0.690 bits per heavy atom. The quantitative estimate of drug-likeness (QED) is 0.191. The SMILES string of the molecule is CN(C=O)c1cc(C(C)(C)c2ccc(C(C)(C)C)c(N(C)C=O)c2)ccc1Oc1ccc(Sc2ccc(O)cc2)cc1. The van der Waals surface area contributed by atoms with Crippen LogP contribution in [0, 0.1) is 0 Å². The van der Waals surface area contributed by atoms with Crippen LogP contribution in [0.15, 0.2) is 94.7 Å². The fourth-order valence-corrected chi connectivity index (χ4v) is 5.56. The minimum atomic E-state index is -0.432. The molecule has 0 fully saturated rings. The van der Waals surface area contributed by atoms with Crippen LogP contribution in [0.25, 0.3) is 0 Å². The Bertz CT molecular complexity index is 1560. The highest BCUT2D eigenvalue weighted by Gasteiger charge is 2.28. The van der Waals surface area contributed by atoms with Gasteiger partial charge in [-0.3, -0.25) is 9.59 Å². The first-order valence-corrected chi connectivity index (χ1v) is 14.6. The lowest BCUT2D eigenvalue weighted by Crippen LogP contribution is -2.25. The zero-order chi connectivity index (χ0) is 30.7. The zero-order valence-electron chi connectivity index (χ0n) is 25.2. The molecule has 42 heavy (non-hydrogen) atoms. The highest BCUT2D eigenvalue weighted by Crippen LogP contribution is 2.41. The van der Waals surface area contributed by atoms with Gasteiger partial charge in [0.15, 0.2) is 5.75 Å². The zero-order valence-corrected chi connectivity index (χ0v) is 26.0. The van der Waals surface area contributed by atoms with Gasteiger partial charge in [-0.15, -0.1) is 0 Å². The van der Waals surface area contributed by atoms with Crippen molar-refractivity contribution >= 4 is 36.0 Å². The molecule has 4 aromatic rings. The second-order valence-corrected chi connectivity index (χ2v) is 13.0. The number of ether oxygens (including phenoxy) is 1. The summed E-state index contributed by atoms with van der Waals surface area (Å²) in [4.78, 5) is 28.8. The fourth-order valence-electron chi connectivity index (χ4n) is 4.75. The summed E-state index contributed by atoms with van der Waals surface area (Å²) in [6, 6.07) is 27.0.